The van der Waals surface area contributed by atoms with Gasteiger partial charge in [0, 0.05) is 54.5 Å². The Hall–Kier alpha value is -6.15. The summed E-state index contributed by atoms with van der Waals surface area (Å²) in [6.07, 6.45) is 36.2. The molecule has 0 amide bonds. The molecule has 3 aromatic heterocycles. The van der Waals surface area contributed by atoms with Crippen LogP contribution in [0.15, 0.2) is 167 Å². The largest absolute Gasteiger partial charge is 0.268 e. The average Bonchev–Trinajstić information content (AvgIpc) is 4.15. The summed E-state index contributed by atoms with van der Waals surface area (Å²) in [4.78, 5) is 21.3. The molecule has 6 aromatic rings. The predicted octanol–water partition coefficient (Wildman–Crippen LogP) is 12.7. The Morgan fingerprint density at radius 1 is 0.600 bits per heavy atom. The second-order valence-corrected chi connectivity index (χ2v) is 15.8. The maximum Gasteiger partial charge on any atom is 0.111 e. The van der Waals surface area contributed by atoms with Gasteiger partial charge < -0.3 is 0 Å². The lowest BCUT2D eigenvalue weighted by atomic mass is 9.92. The number of benzene rings is 3. The van der Waals surface area contributed by atoms with Crippen molar-refractivity contribution in [2.45, 2.75) is 57.8 Å². The molecule has 0 saturated carbocycles. The van der Waals surface area contributed by atoms with Crippen molar-refractivity contribution < 1.29 is 0 Å². The predicted molar refractivity (Wildman–Crippen MR) is 255 cm³/mol. The number of fused-ring (bicyclic) bond motifs is 7. The van der Waals surface area contributed by atoms with Gasteiger partial charge in [0.15, 0.2) is 0 Å². The second-order valence-electron chi connectivity index (χ2n) is 14.5. The first-order valence-corrected chi connectivity index (χ1v) is 21.8. The van der Waals surface area contributed by atoms with Crippen molar-refractivity contribution >= 4 is 58.7 Å². The molecule has 300 valence electrons. The molecule has 2 aliphatic heterocycles. The van der Waals surface area contributed by atoms with Gasteiger partial charge in [-0.25, -0.2) is 14.4 Å². The first-order chi connectivity index (χ1) is 29.7. The summed E-state index contributed by atoms with van der Waals surface area (Å²) in [5.74, 6) is 0. The fraction of sp³-hybridized carbons (Fsp3) is 0.192. The third-order valence-corrected chi connectivity index (χ3v) is 11.3. The molecule has 7 aliphatic rings. The topological polar surface area (TPSA) is 75.8 Å². The molecule has 60 heavy (non-hydrogen) atoms. The number of pyridine rings is 2. The van der Waals surface area contributed by atoms with Gasteiger partial charge in [0.1, 0.15) is 11.5 Å². The smallest absolute Gasteiger partial charge is 0.111 e. The zero-order valence-electron chi connectivity index (χ0n) is 33.8. The molecule has 0 radical (unpaired) electrons. The molecule has 0 spiro atoms. The minimum absolute atomic E-state index is 0.696. The van der Waals surface area contributed by atoms with E-state index in [0.29, 0.717) is 5.17 Å². The number of allylic oxidation sites excluding steroid dienone is 6. The van der Waals surface area contributed by atoms with Crippen LogP contribution < -0.4 is 0 Å². The molecule has 3 aromatic carbocycles. The van der Waals surface area contributed by atoms with Gasteiger partial charge in [0.2, 0.25) is 0 Å². The summed E-state index contributed by atoms with van der Waals surface area (Å²) in [5.41, 5.74) is 14.5. The van der Waals surface area contributed by atoms with E-state index in [1.165, 1.54) is 69.6 Å². The van der Waals surface area contributed by atoms with Crippen LogP contribution in [0.1, 0.15) is 68.9 Å². The molecule has 0 unspecified atom stereocenters. The molecule has 0 bridgehead atoms. The van der Waals surface area contributed by atoms with E-state index in [2.05, 4.69) is 139 Å². The summed E-state index contributed by atoms with van der Waals surface area (Å²) in [7, 11) is 0. The third-order valence-electron chi connectivity index (χ3n) is 10.3. The molecule has 8 heteroatoms. The molecule has 6 nitrogen and oxygen atoms in total. The number of aryl methyl sites for hydroxylation is 2. The van der Waals surface area contributed by atoms with E-state index in [9.17, 15) is 0 Å². The normalized spacial score (nSPS) is 14.8. The molecule has 0 saturated heterocycles. The van der Waals surface area contributed by atoms with Crippen LogP contribution in [-0.4, -0.2) is 38.6 Å². The van der Waals surface area contributed by atoms with Crippen molar-refractivity contribution in [3.05, 3.63) is 202 Å². The van der Waals surface area contributed by atoms with Crippen LogP contribution in [0.3, 0.4) is 0 Å². The zero-order valence-corrected chi connectivity index (χ0v) is 35.4. The van der Waals surface area contributed by atoms with Crippen LogP contribution in [0.4, 0.5) is 5.69 Å². The van der Waals surface area contributed by atoms with Crippen molar-refractivity contribution in [2.75, 3.05) is 6.54 Å². The molecule has 13 rings (SSSR count). The van der Waals surface area contributed by atoms with Gasteiger partial charge in [-0.3, -0.25) is 15.0 Å². The van der Waals surface area contributed by atoms with Gasteiger partial charge in [-0.2, -0.15) is 0 Å². The molecule has 5 heterocycles. The highest BCUT2D eigenvalue weighted by Gasteiger charge is 2.19. The van der Waals surface area contributed by atoms with Gasteiger partial charge >= 0.3 is 0 Å². The summed E-state index contributed by atoms with van der Waals surface area (Å²) >= 11 is 7.35. The third kappa shape index (κ3) is 12.4. The SMILES string of the molecule is C1=CCC=C1.C1=Cc2cccnc2C1.C1=Cc2ncccc2C1.C1=NC=NC1.ClC1=Nc2ccccc2C1.c1ccc2c(c1)CCCC2.c1ccc2c(c1)Cc1sncc1-2. The molecule has 0 N–H and O–H groups in total. The van der Waals surface area contributed by atoms with E-state index in [0.717, 1.165) is 50.0 Å². The van der Waals surface area contributed by atoms with Crippen molar-refractivity contribution in [3.63, 3.8) is 0 Å². The maximum absolute atomic E-state index is 5.73. The molecular weight excluding hydrogens is 776 g/mol. The van der Waals surface area contributed by atoms with Crippen LogP contribution in [0.2, 0.25) is 0 Å². The van der Waals surface area contributed by atoms with Gasteiger partial charge in [0.05, 0.1) is 23.6 Å². The zero-order chi connectivity index (χ0) is 41.0. The van der Waals surface area contributed by atoms with Gasteiger partial charge in [-0.05, 0) is 113 Å². The quantitative estimate of drug-likeness (QED) is 0.153. The Morgan fingerprint density at radius 2 is 1.30 bits per heavy atom. The number of nitrogens with zero attached hydrogens (tertiary/aromatic N) is 6. The van der Waals surface area contributed by atoms with E-state index < -0.39 is 0 Å². The van der Waals surface area contributed by atoms with Crippen molar-refractivity contribution in [2.24, 2.45) is 15.0 Å². The number of hydrogen-bond donors (Lipinski definition) is 0. The fourth-order valence-electron chi connectivity index (χ4n) is 7.26. The van der Waals surface area contributed by atoms with Crippen molar-refractivity contribution in [3.8, 4) is 11.1 Å². The van der Waals surface area contributed by atoms with Gasteiger partial charge in [0.25, 0.3) is 0 Å². The molecule has 5 aliphatic carbocycles. The Labute approximate surface area is 363 Å². The standard InChI is InChI=1S/C10H7NS.C10H12.C8H6ClN.2C8H7N.C5H6.C3H4N2/c1-2-4-8-7(3-1)5-10-9(8)6-11-12-10;1-2-6-10-8-4-3-7-9(10)5-1;9-8-5-6-3-1-2-4-7(6)10-8;2*1-3-7-4-2-6-9-8(7)5-1;1-2-4-5-3-1;1-2-5-3-4-1/h1-4,6H,5H2;1-2,5-6H,3-4,7-8H2;1-4H,5H2;1-2,4-6H,3H2;1-4,6H,5H2;1-4H,5H2;1,3H,2H2. The number of para-hydroxylation sites is 1. The second kappa shape index (κ2) is 22.9. The summed E-state index contributed by atoms with van der Waals surface area (Å²) in [5, 5.41) is 0.696. The van der Waals surface area contributed by atoms with Crippen molar-refractivity contribution in [1.82, 2.24) is 14.3 Å². The highest BCUT2D eigenvalue weighted by Crippen LogP contribution is 2.38. The Bertz CT molecular complexity index is 2420. The van der Waals surface area contributed by atoms with E-state index >= 15 is 0 Å². The van der Waals surface area contributed by atoms with Crippen LogP contribution in [0.5, 0.6) is 0 Å². The fourth-order valence-corrected chi connectivity index (χ4v) is 8.27. The van der Waals surface area contributed by atoms with Crippen LogP contribution in [0, 0.1) is 0 Å². The summed E-state index contributed by atoms with van der Waals surface area (Å²) in [6, 6.07) is 33.5. The lowest BCUT2D eigenvalue weighted by Crippen LogP contribution is -2.00. The lowest BCUT2D eigenvalue weighted by Gasteiger charge is -2.13. The molecular formula is C52H49ClN6S. The van der Waals surface area contributed by atoms with Crippen LogP contribution in [0.25, 0.3) is 23.3 Å². The minimum atomic E-state index is 0.696. The monoisotopic (exact) mass is 824 g/mol. The van der Waals surface area contributed by atoms with Gasteiger partial charge in [-0.15, -0.1) is 0 Å². The van der Waals surface area contributed by atoms with E-state index in [1.807, 2.05) is 55.0 Å². The number of aromatic nitrogens is 3. The molecule has 0 fully saturated rings. The highest BCUT2D eigenvalue weighted by atomic mass is 35.5. The lowest BCUT2D eigenvalue weighted by molar-refractivity contribution is 0.685. The van der Waals surface area contributed by atoms with E-state index in [4.69, 9.17) is 11.6 Å². The average molecular weight is 826 g/mol. The highest BCUT2D eigenvalue weighted by molar-refractivity contribution is 7.06. The summed E-state index contributed by atoms with van der Waals surface area (Å²) in [6.45, 7) is 0.778. The Morgan fingerprint density at radius 3 is 1.98 bits per heavy atom. The Balaban J connectivity index is 0.000000108. The van der Waals surface area contributed by atoms with Gasteiger partial charge in [-0.1, -0.05) is 133 Å². The van der Waals surface area contributed by atoms with Crippen LogP contribution >= 0.6 is 23.1 Å². The molecule has 0 atom stereocenters. The maximum atomic E-state index is 5.73. The van der Waals surface area contributed by atoms with Crippen molar-refractivity contribution in [1.29, 1.82) is 0 Å². The first kappa shape index (κ1) is 42.0. The number of rotatable bonds is 0. The Kier molecular flexibility index (Phi) is 16.0. The number of hydrogen-bond acceptors (Lipinski definition) is 7. The summed E-state index contributed by atoms with van der Waals surface area (Å²) < 4.78 is 4.18. The minimum Gasteiger partial charge on any atom is -0.268 e. The van der Waals surface area contributed by atoms with E-state index in [-0.39, 0.29) is 0 Å². The van der Waals surface area contributed by atoms with E-state index in [1.54, 1.807) is 35.2 Å². The number of aliphatic imine (C=N–C) groups is 3. The number of halogens is 1. The van der Waals surface area contributed by atoms with Crippen LogP contribution in [-0.2, 0) is 38.5 Å². The first-order valence-electron chi connectivity index (χ1n) is 20.6.